The number of aromatic nitrogens is 1. The standard InChI is InChI=1S/C15H24N4O/c1-3-7-19(10-11-5-6-11)15(20)12-8-13(4-2)17-14(9-12)18-16/h8-9,11H,3-7,10,16H2,1-2H3,(H,17,18). The van der Waals surface area contributed by atoms with E-state index in [1.807, 2.05) is 17.9 Å². The highest BCUT2D eigenvalue weighted by Crippen LogP contribution is 2.30. The average molecular weight is 276 g/mol. The molecule has 1 heterocycles. The second kappa shape index (κ2) is 6.70. The zero-order valence-electron chi connectivity index (χ0n) is 12.4. The summed E-state index contributed by atoms with van der Waals surface area (Å²) in [6, 6.07) is 3.61. The summed E-state index contributed by atoms with van der Waals surface area (Å²) >= 11 is 0. The molecule has 1 saturated carbocycles. The van der Waals surface area contributed by atoms with Gasteiger partial charge >= 0.3 is 0 Å². The zero-order chi connectivity index (χ0) is 14.5. The number of carbonyl (C=O) groups is 1. The van der Waals surface area contributed by atoms with Crippen LogP contribution in [0.3, 0.4) is 0 Å². The number of hydrogen-bond acceptors (Lipinski definition) is 4. The molecule has 1 aromatic rings. The summed E-state index contributed by atoms with van der Waals surface area (Å²) < 4.78 is 0. The Hall–Kier alpha value is -1.62. The maximum absolute atomic E-state index is 12.7. The van der Waals surface area contributed by atoms with Crippen molar-refractivity contribution < 1.29 is 4.79 Å². The van der Waals surface area contributed by atoms with Crippen LogP contribution in [-0.4, -0.2) is 28.9 Å². The van der Waals surface area contributed by atoms with Crippen molar-refractivity contribution in [1.82, 2.24) is 9.88 Å². The van der Waals surface area contributed by atoms with Gasteiger partial charge in [-0.1, -0.05) is 13.8 Å². The predicted octanol–water partition coefficient (Wildman–Crippen LogP) is 2.19. The number of nitrogens with one attached hydrogen (secondary N) is 1. The Balaban J connectivity index is 2.19. The summed E-state index contributed by atoms with van der Waals surface area (Å²) in [4.78, 5) is 19.0. The third-order valence-electron chi connectivity index (χ3n) is 3.59. The first-order valence-electron chi connectivity index (χ1n) is 7.44. The quantitative estimate of drug-likeness (QED) is 0.591. The number of aryl methyl sites for hydroxylation is 1. The molecule has 0 spiro atoms. The Morgan fingerprint density at radius 3 is 2.75 bits per heavy atom. The highest BCUT2D eigenvalue weighted by Gasteiger charge is 2.27. The number of anilines is 1. The van der Waals surface area contributed by atoms with E-state index in [0.717, 1.165) is 31.6 Å². The van der Waals surface area contributed by atoms with Gasteiger partial charge in [0.1, 0.15) is 5.82 Å². The summed E-state index contributed by atoms with van der Waals surface area (Å²) in [5.41, 5.74) is 4.10. The van der Waals surface area contributed by atoms with E-state index >= 15 is 0 Å². The number of nitrogen functional groups attached to an aromatic ring is 1. The van der Waals surface area contributed by atoms with E-state index in [1.165, 1.54) is 12.8 Å². The van der Waals surface area contributed by atoms with Crippen molar-refractivity contribution >= 4 is 11.7 Å². The fraction of sp³-hybridized carbons (Fsp3) is 0.600. The van der Waals surface area contributed by atoms with E-state index in [9.17, 15) is 4.79 Å². The average Bonchev–Trinajstić information content (AvgIpc) is 3.29. The molecule has 0 radical (unpaired) electrons. The third kappa shape index (κ3) is 3.70. The molecule has 1 aliphatic carbocycles. The van der Waals surface area contributed by atoms with Crippen molar-refractivity contribution in [1.29, 1.82) is 0 Å². The lowest BCUT2D eigenvalue weighted by Crippen LogP contribution is -2.33. The van der Waals surface area contributed by atoms with Gasteiger partial charge in [0.25, 0.3) is 5.91 Å². The van der Waals surface area contributed by atoms with Crippen LogP contribution in [0.4, 0.5) is 5.82 Å². The Labute approximate surface area is 120 Å². The van der Waals surface area contributed by atoms with Gasteiger partial charge in [-0.2, -0.15) is 0 Å². The second-order valence-corrected chi connectivity index (χ2v) is 5.42. The minimum absolute atomic E-state index is 0.0901. The smallest absolute Gasteiger partial charge is 0.254 e. The van der Waals surface area contributed by atoms with Crippen LogP contribution in [0.25, 0.3) is 0 Å². The Morgan fingerprint density at radius 1 is 1.45 bits per heavy atom. The topological polar surface area (TPSA) is 71.2 Å². The van der Waals surface area contributed by atoms with E-state index in [-0.39, 0.29) is 5.91 Å². The summed E-state index contributed by atoms with van der Waals surface area (Å²) in [7, 11) is 0. The fourth-order valence-corrected chi connectivity index (χ4v) is 2.31. The molecule has 0 bridgehead atoms. The summed E-state index contributed by atoms with van der Waals surface area (Å²) in [5.74, 6) is 6.77. The van der Waals surface area contributed by atoms with Crippen molar-refractivity contribution in [2.45, 2.75) is 39.5 Å². The number of hydrogen-bond donors (Lipinski definition) is 2. The highest BCUT2D eigenvalue weighted by molar-refractivity contribution is 5.95. The lowest BCUT2D eigenvalue weighted by molar-refractivity contribution is 0.0747. The SMILES string of the molecule is CCCN(CC1CC1)C(=O)c1cc(CC)nc(NN)c1. The number of pyridine rings is 1. The number of carbonyl (C=O) groups excluding carboxylic acids is 1. The first-order chi connectivity index (χ1) is 9.67. The third-order valence-corrected chi connectivity index (χ3v) is 3.59. The zero-order valence-corrected chi connectivity index (χ0v) is 12.4. The molecule has 0 saturated heterocycles. The van der Waals surface area contributed by atoms with Gasteiger partial charge in [0, 0.05) is 24.3 Å². The molecule has 5 nitrogen and oxygen atoms in total. The molecule has 5 heteroatoms. The molecule has 1 aromatic heterocycles. The van der Waals surface area contributed by atoms with Gasteiger partial charge in [-0.05, 0) is 43.7 Å². The number of hydrazine groups is 1. The van der Waals surface area contributed by atoms with Crippen LogP contribution in [0.2, 0.25) is 0 Å². The number of nitrogens with two attached hydrogens (primary N) is 1. The summed E-state index contributed by atoms with van der Waals surface area (Å²) in [6.45, 7) is 5.81. The van der Waals surface area contributed by atoms with Gasteiger partial charge in [-0.25, -0.2) is 10.8 Å². The fourth-order valence-electron chi connectivity index (χ4n) is 2.31. The Morgan fingerprint density at radius 2 is 2.20 bits per heavy atom. The molecule has 1 aliphatic rings. The van der Waals surface area contributed by atoms with E-state index in [1.54, 1.807) is 6.07 Å². The maximum atomic E-state index is 12.7. The minimum Gasteiger partial charge on any atom is -0.338 e. The lowest BCUT2D eigenvalue weighted by Gasteiger charge is -2.22. The van der Waals surface area contributed by atoms with Crippen LogP contribution >= 0.6 is 0 Å². The molecule has 0 aromatic carbocycles. The van der Waals surface area contributed by atoms with E-state index in [4.69, 9.17) is 5.84 Å². The Kier molecular flexibility index (Phi) is 4.95. The molecule has 0 atom stereocenters. The number of amides is 1. The first-order valence-corrected chi connectivity index (χ1v) is 7.44. The minimum atomic E-state index is 0.0901. The largest absolute Gasteiger partial charge is 0.338 e. The van der Waals surface area contributed by atoms with Crippen LogP contribution in [0.15, 0.2) is 12.1 Å². The van der Waals surface area contributed by atoms with Gasteiger partial charge in [0.05, 0.1) is 0 Å². The maximum Gasteiger partial charge on any atom is 0.254 e. The van der Waals surface area contributed by atoms with Gasteiger partial charge in [0.2, 0.25) is 0 Å². The van der Waals surface area contributed by atoms with Crippen LogP contribution in [0, 0.1) is 5.92 Å². The van der Waals surface area contributed by atoms with Gasteiger partial charge in [-0.3, -0.25) is 4.79 Å². The Bertz CT molecular complexity index is 449. The monoisotopic (exact) mass is 276 g/mol. The van der Waals surface area contributed by atoms with Crippen LogP contribution < -0.4 is 11.3 Å². The van der Waals surface area contributed by atoms with Crippen LogP contribution in [0.5, 0.6) is 0 Å². The molecular weight excluding hydrogens is 252 g/mol. The predicted molar refractivity (Wildman–Crippen MR) is 80.3 cm³/mol. The number of rotatable bonds is 7. The number of nitrogens with zero attached hydrogens (tertiary/aromatic N) is 2. The molecule has 1 fully saturated rings. The molecule has 0 unspecified atom stereocenters. The summed E-state index contributed by atoms with van der Waals surface area (Å²) in [5, 5.41) is 0. The van der Waals surface area contributed by atoms with Crippen molar-refractivity contribution in [3.05, 3.63) is 23.4 Å². The van der Waals surface area contributed by atoms with Crippen molar-refractivity contribution in [2.24, 2.45) is 11.8 Å². The molecule has 3 N–H and O–H groups in total. The molecule has 20 heavy (non-hydrogen) atoms. The van der Waals surface area contributed by atoms with Crippen molar-refractivity contribution in [2.75, 3.05) is 18.5 Å². The highest BCUT2D eigenvalue weighted by atomic mass is 16.2. The van der Waals surface area contributed by atoms with Crippen molar-refractivity contribution in [3.63, 3.8) is 0 Å². The van der Waals surface area contributed by atoms with E-state index in [0.29, 0.717) is 17.3 Å². The second-order valence-electron chi connectivity index (χ2n) is 5.42. The molecule has 2 rings (SSSR count). The normalized spacial score (nSPS) is 14.2. The van der Waals surface area contributed by atoms with Gasteiger partial charge in [0.15, 0.2) is 0 Å². The van der Waals surface area contributed by atoms with E-state index in [2.05, 4.69) is 17.3 Å². The summed E-state index contributed by atoms with van der Waals surface area (Å²) in [6.07, 6.45) is 4.26. The molecule has 110 valence electrons. The molecule has 1 amide bonds. The van der Waals surface area contributed by atoms with Crippen LogP contribution in [-0.2, 0) is 6.42 Å². The lowest BCUT2D eigenvalue weighted by atomic mass is 10.1. The van der Waals surface area contributed by atoms with E-state index < -0.39 is 0 Å². The molecule has 0 aliphatic heterocycles. The van der Waals surface area contributed by atoms with Crippen LogP contribution in [0.1, 0.15) is 49.2 Å². The molecular formula is C15H24N4O. The van der Waals surface area contributed by atoms with Gasteiger partial charge in [-0.15, -0.1) is 0 Å². The van der Waals surface area contributed by atoms with Gasteiger partial charge < -0.3 is 10.3 Å². The first kappa shape index (κ1) is 14.8. The van der Waals surface area contributed by atoms with Crippen molar-refractivity contribution in [3.8, 4) is 0 Å².